The van der Waals surface area contributed by atoms with Crippen LogP contribution in [0.3, 0.4) is 0 Å². The van der Waals surface area contributed by atoms with Crippen LogP contribution in [-0.4, -0.2) is 27.7 Å². The van der Waals surface area contributed by atoms with E-state index >= 15 is 0 Å². The minimum absolute atomic E-state index is 0.194. The lowest BCUT2D eigenvalue weighted by Gasteiger charge is -2.18. The predicted molar refractivity (Wildman–Crippen MR) is 81.0 cm³/mol. The van der Waals surface area contributed by atoms with Crippen molar-refractivity contribution < 1.29 is 13.2 Å². The number of halogens is 3. The van der Waals surface area contributed by atoms with Crippen molar-refractivity contribution in [2.24, 2.45) is 5.73 Å². The predicted octanol–water partition coefficient (Wildman–Crippen LogP) is 3.48. The Kier molecular flexibility index (Phi) is 3.76. The molecular formula is C14H17F3N4S. The first-order valence-electron chi connectivity index (χ1n) is 7.07. The summed E-state index contributed by atoms with van der Waals surface area (Å²) in [4.78, 5) is 9.09. The molecule has 0 bridgehead atoms. The molecule has 3 rings (SSSR count). The molecule has 0 aliphatic heterocycles. The van der Waals surface area contributed by atoms with Crippen LogP contribution in [0.4, 0.5) is 19.0 Å². The molecule has 22 heavy (non-hydrogen) atoms. The average Bonchev–Trinajstić information content (AvgIpc) is 2.90. The van der Waals surface area contributed by atoms with Gasteiger partial charge in [-0.2, -0.15) is 13.2 Å². The average molecular weight is 330 g/mol. The van der Waals surface area contributed by atoms with Gasteiger partial charge in [0, 0.05) is 16.5 Å². The Bertz CT molecular complexity index is 680. The number of hydrogen-bond acceptors (Lipinski definition) is 5. The van der Waals surface area contributed by atoms with Crippen LogP contribution in [0.5, 0.6) is 0 Å². The van der Waals surface area contributed by atoms with Gasteiger partial charge in [-0.1, -0.05) is 0 Å². The standard InChI is InChI=1S/C14H17F3N4S/c1-13(18)3-2-8(5-13)21-11-10-4-9(6-14(15,16)17)22-12(10)20-7-19-11/h4,7-8H,2-3,5-6,18H2,1H3,(H,19,20,21). The third-order valence-electron chi connectivity index (χ3n) is 3.87. The summed E-state index contributed by atoms with van der Waals surface area (Å²) in [6.07, 6.45) is -1.10. The molecule has 2 atom stereocenters. The van der Waals surface area contributed by atoms with E-state index in [0.717, 1.165) is 30.6 Å². The van der Waals surface area contributed by atoms with Crippen LogP contribution in [0.15, 0.2) is 12.4 Å². The van der Waals surface area contributed by atoms with Gasteiger partial charge >= 0.3 is 6.18 Å². The highest BCUT2D eigenvalue weighted by atomic mass is 32.1. The van der Waals surface area contributed by atoms with Gasteiger partial charge in [0.25, 0.3) is 0 Å². The Balaban J connectivity index is 1.84. The monoisotopic (exact) mass is 330 g/mol. The van der Waals surface area contributed by atoms with E-state index < -0.39 is 12.6 Å². The van der Waals surface area contributed by atoms with E-state index in [0.29, 0.717) is 16.0 Å². The normalized spacial score (nSPS) is 25.8. The molecule has 0 saturated heterocycles. The SMILES string of the molecule is CC1(N)CCC(Nc2ncnc3sc(CC(F)(F)F)cc23)C1. The number of nitrogens with zero attached hydrogens (tertiary/aromatic N) is 2. The van der Waals surface area contributed by atoms with Crippen LogP contribution < -0.4 is 11.1 Å². The zero-order valence-electron chi connectivity index (χ0n) is 12.1. The number of anilines is 1. The second-order valence-corrected chi connectivity index (χ2v) is 7.30. The molecular weight excluding hydrogens is 313 g/mol. The van der Waals surface area contributed by atoms with Crippen molar-refractivity contribution in [3.05, 3.63) is 17.3 Å². The summed E-state index contributed by atoms with van der Waals surface area (Å²) in [5.74, 6) is 0.595. The van der Waals surface area contributed by atoms with Crippen LogP contribution >= 0.6 is 11.3 Å². The molecule has 1 aliphatic rings. The van der Waals surface area contributed by atoms with Crippen molar-refractivity contribution in [3.8, 4) is 0 Å². The van der Waals surface area contributed by atoms with Crippen LogP contribution in [0, 0.1) is 0 Å². The van der Waals surface area contributed by atoms with Crippen LogP contribution in [-0.2, 0) is 6.42 Å². The molecule has 0 amide bonds. The largest absolute Gasteiger partial charge is 0.393 e. The van der Waals surface area contributed by atoms with Gasteiger partial charge in [0.2, 0.25) is 0 Å². The highest BCUT2D eigenvalue weighted by molar-refractivity contribution is 7.18. The molecule has 1 aliphatic carbocycles. The van der Waals surface area contributed by atoms with Crippen LogP contribution in [0.1, 0.15) is 31.1 Å². The second-order valence-electron chi connectivity index (χ2n) is 6.18. The molecule has 3 N–H and O–H groups in total. The smallest absolute Gasteiger partial charge is 0.367 e. The zero-order valence-corrected chi connectivity index (χ0v) is 12.9. The Hall–Kier alpha value is -1.41. The lowest BCUT2D eigenvalue weighted by Crippen LogP contribution is -2.34. The maximum Gasteiger partial charge on any atom is 0.393 e. The fraction of sp³-hybridized carbons (Fsp3) is 0.571. The van der Waals surface area contributed by atoms with Crippen molar-refractivity contribution >= 4 is 27.4 Å². The maximum absolute atomic E-state index is 12.5. The summed E-state index contributed by atoms with van der Waals surface area (Å²) < 4.78 is 37.6. The quantitative estimate of drug-likeness (QED) is 0.904. The zero-order chi connectivity index (χ0) is 16.0. The van der Waals surface area contributed by atoms with Gasteiger partial charge in [0.15, 0.2) is 0 Å². The van der Waals surface area contributed by atoms with Crippen molar-refractivity contribution in [3.63, 3.8) is 0 Å². The first-order valence-corrected chi connectivity index (χ1v) is 7.89. The maximum atomic E-state index is 12.5. The van der Waals surface area contributed by atoms with E-state index in [9.17, 15) is 13.2 Å². The first kappa shape index (κ1) is 15.5. The molecule has 0 spiro atoms. The first-order chi connectivity index (χ1) is 10.2. The van der Waals surface area contributed by atoms with E-state index in [4.69, 9.17) is 5.73 Å². The summed E-state index contributed by atoms with van der Waals surface area (Å²) in [6.45, 7) is 2.01. The van der Waals surface area contributed by atoms with Crippen molar-refractivity contribution in [2.75, 3.05) is 5.32 Å². The number of rotatable bonds is 3. The molecule has 120 valence electrons. The number of aromatic nitrogens is 2. The van der Waals surface area contributed by atoms with Crippen molar-refractivity contribution in [2.45, 2.75) is 50.4 Å². The fourth-order valence-corrected chi connectivity index (χ4v) is 3.92. The molecule has 8 heteroatoms. The van der Waals surface area contributed by atoms with Gasteiger partial charge in [-0.3, -0.25) is 0 Å². The highest BCUT2D eigenvalue weighted by Gasteiger charge is 2.32. The Morgan fingerprint density at radius 3 is 2.86 bits per heavy atom. The summed E-state index contributed by atoms with van der Waals surface area (Å²) in [5, 5.41) is 3.96. The Morgan fingerprint density at radius 1 is 1.45 bits per heavy atom. The number of alkyl halides is 3. The van der Waals surface area contributed by atoms with Gasteiger partial charge in [-0.15, -0.1) is 11.3 Å². The summed E-state index contributed by atoms with van der Waals surface area (Å²) in [5.41, 5.74) is 5.92. The molecule has 2 unspecified atom stereocenters. The van der Waals surface area contributed by atoms with Crippen LogP contribution in [0.25, 0.3) is 10.2 Å². The van der Waals surface area contributed by atoms with E-state index in [2.05, 4.69) is 15.3 Å². The number of nitrogens with one attached hydrogen (secondary N) is 1. The van der Waals surface area contributed by atoms with E-state index in [1.165, 1.54) is 12.4 Å². The lowest BCUT2D eigenvalue weighted by molar-refractivity contribution is -0.126. The molecule has 0 radical (unpaired) electrons. The van der Waals surface area contributed by atoms with E-state index in [1.54, 1.807) is 0 Å². The minimum Gasteiger partial charge on any atom is -0.367 e. The molecule has 1 saturated carbocycles. The topological polar surface area (TPSA) is 63.8 Å². The molecule has 4 nitrogen and oxygen atoms in total. The molecule has 1 fully saturated rings. The number of thiophene rings is 1. The van der Waals surface area contributed by atoms with Gasteiger partial charge in [-0.25, -0.2) is 9.97 Å². The van der Waals surface area contributed by atoms with Crippen molar-refractivity contribution in [1.82, 2.24) is 9.97 Å². The van der Waals surface area contributed by atoms with Gasteiger partial charge < -0.3 is 11.1 Å². The third kappa shape index (κ3) is 3.49. The van der Waals surface area contributed by atoms with Crippen LogP contribution in [0.2, 0.25) is 0 Å². The number of nitrogens with two attached hydrogens (primary N) is 1. The lowest BCUT2D eigenvalue weighted by atomic mass is 10.0. The minimum atomic E-state index is -4.21. The van der Waals surface area contributed by atoms with Gasteiger partial charge in [0.05, 0.1) is 11.8 Å². The molecule has 2 aromatic rings. The van der Waals surface area contributed by atoms with E-state index in [1.807, 2.05) is 6.92 Å². The number of fused-ring (bicyclic) bond motifs is 1. The molecule has 0 aromatic carbocycles. The Labute approximate surface area is 129 Å². The van der Waals surface area contributed by atoms with Gasteiger partial charge in [0.1, 0.15) is 17.0 Å². The van der Waals surface area contributed by atoms with Crippen molar-refractivity contribution in [1.29, 1.82) is 0 Å². The van der Waals surface area contributed by atoms with E-state index in [-0.39, 0.29) is 16.5 Å². The Morgan fingerprint density at radius 2 is 2.23 bits per heavy atom. The summed E-state index contributed by atoms with van der Waals surface area (Å²) in [6, 6.07) is 1.73. The second kappa shape index (κ2) is 5.34. The third-order valence-corrected chi connectivity index (χ3v) is 4.92. The summed E-state index contributed by atoms with van der Waals surface area (Å²) in [7, 11) is 0. The molecule has 2 aromatic heterocycles. The highest BCUT2D eigenvalue weighted by Crippen LogP contribution is 2.34. The summed E-state index contributed by atoms with van der Waals surface area (Å²) >= 11 is 1.06. The fourth-order valence-electron chi connectivity index (χ4n) is 2.89. The molecule has 2 heterocycles. The van der Waals surface area contributed by atoms with Gasteiger partial charge in [-0.05, 0) is 32.3 Å². The number of hydrogen-bond donors (Lipinski definition) is 2.